The number of carbonyl (C=O) groups is 1. The van der Waals surface area contributed by atoms with Gasteiger partial charge in [-0.25, -0.2) is 0 Å². The van der Waals surface area contributed by atoms with Crippen LogP contribution in [0.2, 0.25) is 0 Å². The molecule has 1 rings (SSSR count). The largest absolute Gasteiger partial charge is 0.469 e. The number of esters is 1. The third kappa shape index (κ3) is 3.72. The highest BCUT2D eigenvalue weighted by atomic mass is 79.9. The lowest BCUT2D eigenvalue weighted by Crippen LogP contribution is -2.14. The van der Waals surface area contributed by atoms with Gasteiger partial charge in [-0.3, -0.25) is 4.79 Å². The van der Waals surface area contributed by atoms with Crippen molar-refractivity contribution in [2.75, 3.05) is 18.6 Å². The SMILES string of the molecule is COC(=O)C(C)CSc1ccc(Br)cc1N. The van der Waals surface area contributed by atoms with Crippen LogP contribution in [0, 0.1) is 5.92 Å². The van der Waals surface area contributed by atoms with E-state index in [9.17, 15) is 4.79 Å². The second kappa shape index (κ2) is 6.15. The van der Waals surface area contributed by atoms with Crippen LogP contribution in [0.15, 0.2) is 27.6 Å². The number of thioether (sulfide) groups is 1. The highest BCUT2D eigenvalue weighted by molar-refractivity contribution is 9.10. The van der Waals surface area contributed by atoms with Crippen molar-refractivity contribution in [3.05, 3.63) is 22.7 Å². The Morgan fingerprint density at radius 1 is 1.62 bits per heavy atom. The van der Waals surface area contributed by atoms with Gasteiger partial charge in [0.25, 0.3) is 0 Å². The van der Waals surface area contributed by atoms with E-state index >= 15 is 0 Å². The molecule has 5 heteroatoms. The Morgan fingerprint density at radius 3 is 2.88 bits per heavy atom. The summed E-state index contributed by atoms with van der Waals surface area (Å²) < 4.78 is 5.61. The molecule has 3 nitrogen and oxygen atoms in total. The fourth-order valence-corrected chi connectivity index (χ4v) is 2.47. The molecule has 0 amide bonds. The number of nitrogen functional groups attached to an aromatic ring is 1. The number of nitrogens with two attached hydrogens (primary N) is 1. The molecule has 0 radical (unpaired) electrons. The van der Waals surface area contributed by atoms with Crippen molar-refractivity contribution in [1.29, 1.82) is 0 Å². The Kier molecular flexibility index (Phi) is 5.15. The van der Waals surface area contributed by atoms with Crippen molar-refractivity contribution in [3.63, 3.8) is 0 Å². The van der Waals surface area contributed by atoms with E-state index in [0.717, 1.165) is 15.1 Å². The van der Waals surface area contributed by atoms with Gasteiger partial charge in [0.15, 0.2) is 0 Å². The fraction of sp³-hybridized carbons (Fsp3) is 0.364. The summed E-state index contributed by atoms with van der Waals surface area (Å²) >= 11 is 4.91. The minimum atomic E-state index is -0.191. The van der Waals surface area contributed by atoms with Crippen LogP contribution >= 0.6 is 27.7 Å². The molecule has 1 aromatic carbocycles. The lowest BCUT2D eigenvalue weighted by Gasteiger charge is -2.10. The first-order valence-electron chi connectivity index (χ1n) is 4.80. The Hall–Kier alpha value is -0.680. The number of benzene rings is 1. The summed E-state index contributed by atoms with van der Waals surface area (Å²) in [5.74, 6) is 0.347. The van der Waals surface area contributed by atoms with Crippen molar-refractivity contribution >= 4 is 39.3 Å². The van der Waals surface area contributed by atoms with E-state index in [1.807, 2.05) is 25.1 Å². The zero-order valence-electron chi connectivity index (χ0n) is 9.20. The van der Waals surface area contributed by atoms with E-state index in [2.05, 4.69) is 20.7 Å². The first-order chi connectivity index (χ1) is 7.54. The Bertz CT molecular complexity index is 384. The predicted molar refractivity (Wildman–Crippen MR) is 70.5 cm³/mol. The van der Waals surface area contributed by atoms with E-state index in [1.54, 1.807) is 11.8 Å². The summed E-state index contributed by atoms with van der Waals surface area (Å²) in [4.78, 5) is 12.2. The number of methoxy groups -OCH3 is 1. The van der Waals surface area contributed by atoms with E-state index in [1.165, 1.54) is 7.11 Å². The lowest BCUT2D eigenvalue weighted by atomic mass is 10.2. The molecule has 0 fully saturated rings. The van der Waals surface area contributed by atoms with Gasteiger partial charge >= 0.3 is 5.97 Å². The lowest BCUT2D eigenvalue weighted by molar-refractivity contribution is -0.143. The molecule has 0 aromatic heterocycles. The zero-order valence-corrected chi connectivity index (χ0v) is 11.6. The van der Waals surface area contributed by atoms with Crippen LogP contribution < -0.4 is 5.73 Å². The van der Waals surface area contributed by atoms with Gasteiger partial charge in [0, 0.05) is 20.8 Å². The van der Waals surface area contributed by atoms with E-state index in [-0.39, 0.29) is 11.9 Å². The predicted octanol–water partition coefficient (Wildman–Crippen LogP) is 2.93. The molecule has 0 aliphatic heterocycles. The molecule has 0 aliphatic carbocycles. The van der Waals surface area contributed by atoms with Gasteiger partial charge in [0.05, 0.1) is 13.0 Å². The molecule has 0 bridgehead atoms. The molecule has 1 atom stereocenters. The summed E-state index contributed by atoms with van der Waals surface area (Å²) in [6, 6.07) is 5.72. The second-order valence-corrected chi connectivity index (χ2v) is 5.39. The average molecular weight is 304 g/mol. The minimum Gasteiger partial charge on any atom is -0.469 e. The van der Waals surface area contributed by atoms with Crippen LogP contribution in [0.1, 0.15) is 6.92 Å². The Balaban J connectivity index is 2.58. The number of carbonyl (C=O) groups excluding carboxylic acids is 1. The maximum Gasteiger partial charge on any atom is 0.309 e. The molecule has 1 unspecified atom stereocenters. The normalized spacial score (nSPS) is 12.2. The van der Waals surface area contributed by atoms with Crippen LogP contribution in [0.3, 0.4) is 0 Å². The van der Waals surface area contributed by atoms with E-state index < -0.39 is 0 Å². The number of hydrogen-bond acceptors (Lipinski definition) is 4. The zero-order chi connectivity index (χ0) is 12.1. The summed E-state index contributed by atoms with van der Waals surface area (Å²) in [7, 11) is 1.40. The van der Waals surface area contributed by atoms with Crippen molar-refractivity contribution in [2.45, 2.75) is 11.8 Å². The van der Waals surface area contributed by atoms with Crippen LogP contribution in [-0.4, -0.2) is 18.8 Å². The number of hydrogen-bond donors (Lipinski definition) is 1. The van der Waals surface area contributed by atoms with E-state index in [4.69, 9.17) is 5.73 Å². The summed E-state index contributed by atoms with van der Waals surface area (Å²) in [6.07, 6.45) is 0. The summed E-state index contributed by atoms with van der Waals surface area (Å²) in [5.41, 5.74) is 6.57. The average Bonchev–Trinajstić information content (AvgIpc) is 2.26. The molecular weight excluding hydrogens is 290 g/mol. The van der Waals surface area contributed by atoms with Crippen molar-refractivity contribution < 1.29 is 9.53 Å². The topological polar surface area (TPSA) is 52.3 Å². The molecule has 0 spiro atoms. The third-order valence-corrected chi connectivity index (χ3v) is 3.91. The standard InChI is InChI=1S/C11H14BrNO2S/c1-7(11(14)15-2)6-16-10-4-3-8(12)5-9(10)13/h3-5,7H,6,13H2,1-2H3. The maximum absolute atomic E-state index is 11.2. The van der Waals surface area contributed by atoms with Crippen LogP contribution in [0.25, 0.3) is 0 Å². The molecule has 16 heavy (non-hydrogen) atoms. The number of rotatable bonds is 4. The molecule has 0 heterocycles. The molecule has 0 saturated carbocycles. The molecular formula is C11H14BrNO2S. The van der Waals surface area contributed by atoms with Gasteiger partial charge in [0.2, 0.25) is 0 Å². The number of anilines is 1. The van der Waals surface area contributed by atoms with Gasteiger partial charge in [-0.2, -0.15) is 0 Å². The van der Waals surface area contributed by atoms with Gasteiger partial charge < -0.3 is 10.5 Å². The van der Waals surface area contributed by atoms with Crippen molar-refractivity contribution in [1.82, 2.24) is 0 Å². The monoisotopic (exact) mass is 303 g/mol. The second-order valence-electron chi connectivity index (χ2n) is 3.42. The Labute approximate surface area is 108 Å². The van der Waals surface area contributed by atoms with Crippen LogP contribution in [0.4, 0.5) is 5.69 Å². The number of ether oxygens (including phenoxy) is 1. The molecule has 0 aliphatic rings. The Morgan fingerprint density at radius 2 is 2.31 bits per heavy atom. The first kappa shape index (κ1) is 13.4. The first-order valence-corrected chi connectivity index (χ1v) is 6.58. The number of halogens is 1. The summed E-state index contributed by atoms with van der Waals surface area (Å²) in [6.45, 7) is 1.84. The summed E-state index contributed by atoms with van der Waals surface area (Å²) in [5, 5.41) is 0. The van der Waals surface area contributed by atoms with E-state index in [0.29, 0.717) is 5.75 Å². The molecule has 1 aromatic rings. The third-order valence-electron chi connectivity index (χ3n) is 2.06. The van der Waals surface area contributed by atoms with Crippen molar-refractivity contribution in [2.24, 2.45) is 5.92 Å². The molecule has 88 valence electrons. The van der Waals surface area contributed by atoms with Gasteiger partial charge in [-0.1, -0.05) is 22.9 Å². The van der Waals surface area contributed by atoms with Crippen LogP contribution in [-0.2, 0) is 9.53 Å². The minimum absolute atomic E-state index is 0.127. The van der Waals surface area contributed by atoms with Crippen LogP contribution in [0.5, 0.6) is 0 Å². The van der Waals surface area contributed by atoms with Gasteiger partial charge in [-0.15, -0.1) is 11.8 Å². The highest BCUT2D eigenvalue weighted by Crippen LogP contribution is 2.29. The van der Waals surface area contributed by atoms with Gasteiger partial charge in [0.1, 0.15) is 0 Å². The molecule has 2 N–H and O–H groups in total. The highest BCUT2D eigenvalue weighted by Gasteiger charge is 2.13. The van der Waals surface area contributed by atoms with Crippen molar-refractivity contribution in [3.8, 4) is 0 Å². The smallest absolute Gasteiger partial charge is 0.309 e. The maximum atomic E-state index is 11.2. The molecule has 0 saturated heterocycles. The van der Waals surface area contributed by atoms with Gasteiger partial charge in [-0.05, 0) is 18.2 Å². The quantitative estimate of drug-likeness (QED) is 0.528. The fourth-order valence-electron chi connectivity index (χ4n) is 1.13.